The van der Waals surface area contributed by atoms with Crippen molar-refractivity contribution in [2.24, 2.45) is 11.8 Å². The van der Waals surface area contributed by atoms with Gasteiger partial charge in [-0.05, 0) is 57.3 Å². The van der Waals surface area contributed by atoms with Crippen molar-refractivity contribution in [3.8, 4) is 0 Å². The second-order valence-electron chi connectivity index (χ2n) is 7.56. The Morgan fingerprint density at radius 3 is 2.41 bits per heavy atom. The number of rotatable bonds is 3. The molecule has 2 saturated carbocycles. The van der Waals surface area contributed by atoms with E-state index in [9.17, 15) is 9.59 Å². The fraction of sp³-hybridized carbons (Fsp3) is 0.889. The summed E-state index contributed by atoms with van der Waals surface area (Å²) in [5.41, 5.74) is 0. The first-order valence-electron chi connectivity index (χ1n) is 9.13. The topological polar surface area (TPSA) is 46.6 Å². The molecule has 3 rings (SSSR count). The van der Waals surface area contributed by atoms with E-state index in [1.54, 1.807) is 0 Å². The number of hydrogen-bond acceptors (Lipinski definition) is 3. The van der Waals surface area contributed by atoms with Gasteiger partial charge in [0.25, 0.3) is 0 Å². The fourth-order valence-electron chi connectivity index (χ4n) is 4.24. The number of ether oxygens (including phenoxy) is 1. The van der Waals surface area contributed by atoms with Gasteiger partial charge in [0.1, 0.15) is 6.10 Å². The van der Waals surface area contributed by atoms with Crippen molar-refractivity contribution in [3.05, 3.63) is 0 Å². The number of esters is 1. The van der Waals surface area contributed by atoms with Crippen molar-refractivity contribution in [1.29, 1.82) is 0 Å². The molecule has 1 amide bonds. The first kappa shape index (κ1) is 15.8. The maximum atomic E-state index is 12.3. The summed E-state index contributed by atoms with van der Waals surface area (Å²) in [5, 5.41) is 0. The first-order chi connectivity index (χ1) is 10.6. The van der Waals surface area contributed by atoms with Crippen LogP contribution in [0, 0.1) is 11.8 Å². The largest absolute Gasteiger partial charge is 0.462 e. The Bertz CT molecular complexity index is 409. The third-order valence-electron chi connectivity index (χ3n) is 5.75. The second-order valence-corrected chi connectivity index (χ2v) is 7.56. The van der Waals surface area contributed by atoms with Crippen LogP contribution in [0.4, 0.5) is 0 Å². The van der Waals surface area contributed by atoms with Gasteiger partial charge >= 0.3 is 5.97 Å². The van der Waals surface area contributed by atoms with E-state index in [1.807, 2.05) is 4.90 Å². The van der Waals surface area contributed by atoms with Crippen molar-refractivity contribution in [3.63, 3.8) is 0 Å². The Morgan fingerprint density at radius 2 is 1.73 bits per heavy atom. The molecule has 0 spiro atoms. The molecule has 1 atom stereocenters. The number of nitrogens with zero attached hydrogens (tertiary/aromatic N) is 1. The zero-order chi connectivity index (χ0) is 15.5. The van der Waals surface area contributed by atoms with Crippen LogP contribution in [0.1, 0.15) is 71.1 Å². The molecule has 0 radical (unpaired) electrons. The number of amides is 1. The van der Waals surface area contributed by atoms with Crippen LogP contribution in [0.3, 0.4) is 0 Å². The molecule has 0 aromatic carbocycles. The van der Waals surface area contributed by atoms with E-state index in [0.29, 0.717) is 19.0 Å². The van der Waals surface area contributed by atoms with Crippen LogP contribution >= 0.6 is 0 Å². The van der Waals surface area contributed by atoms with Gasteiger partial charge < -0.3 is 9.64 Å². The lowest BCUT2D eigenvalue weighted by atomic mass is 9.87. The Kier molecular flexibility index (Phi) is 5.04. The van der Waals surface area contributed by atoms with Gasteiger partial charge in [0, 0.05) is 19.0 Å². The summed E-state index contributed by atoms with van der Waals surface area (Å²) < 4.78 is 5.66. The Morgan fingerprint density at radius 1 is 1.05 bits per heavy atom. The first-order valence-corrected chi connectivity index (χ1v) is 9.13. The summed E-state index contributed by atoms with van der Waals surface area (Å²) >= 11 is 0. The van der Waals surface area contributed by atoms with E-state index in [2.05, 4.69) is 6.92 Å². The van der Waals surface area contributed by atoms with E-state index in [-0.39, 0.29) is 23.9 Å². The molecule has 22 heavy (non-hydrogen) atoms. The minimum absolute atomic E-state index is 0.0981. The van der Waals surface area contributed by atoms with E-state index in [4.69, 9.17) is 4.74 Å². The van der Waals surface area contributed by atoms with Gasteiger partial charge in [-0.2, -0.15) is 0 Å². The SMILES string of the molecule is CC1CCC(N2C[C@H](C(=O)OC3CCCCC3)CC2=O)CC1. The average Bonchev–Trinajstić information content (AvgIpc) is 2.91. The van der Waals surface area contributed by atoms with Crippen LogP contribution < -0.4 is 0 Å². The van der Waals surface area contributed by atoms with Crippen molar-refractivity contribution >= 4 is 11.9 Å². The van der Waals surface area contributed by atoms with Crippen LogP contribution in [0.15, 0.2) is 0 Å². The molecule has 124 valence electrons. The molecule has 0 N–H and O–H groups in total. The second kappa shape index (κ2) is 7.01. The maximum Gasteiger partial charge on any atom is 0.311 e. The number of carbonyl (C=O) groups excluding carboxylic acids is 2. The van der Waals surface area contributed by atoms with E-state index in [1.165, 1.54) is 19.3 Å². The van der Waals surface area contributed by atoms with Gasteiger partial charge in [0.2, 0.25) is 5.91 Å². The zero-order valence-electron chi connectivity index (χ0n) is 13.8. The van der Waals surface area contributed by atoms with E-state index >= 15 is 0 Å². The highest BCUT2D eigenvalue weighted by molar-refractivity contribution is 5.87. The molecule has 0 unspecified atom stereocenters. The molecule has 4 nitrogen and oxygen atoms in total. The smallest absolute Gasteiger partial charge is 0.311 e. The highest BCUT2D eigenvalue weighted by Crippen LogP contribution is 2.32. The summed E-state index contributed by atoms with van der Waals surface area (Å²) in [5.74, 6) is 0.576. The molecule has 1 saturated heterocycles. The predicted octanol–water partition coefficient (Wildman–Crippen LogP) is 3.29. The molecule has 4 heteroatoms. The molecule has 3 fully saturated rings. The highest BCUT2D eigenvalue weighted by atomic mass is 16.5. The lowest BCUT2D eigenvalue weighted by Gasteiger charge is -2.33. The van der Waals surface area contributed by atoms with Gasteiger partial charge in [0.15, 0.2) is 0 Å². The lowest BCUT2D eigenvalue weighted by molar-refractivity contribution is -0.155. The van der Waals surface area contributed by atoms with Gasteiger partial charge in [0.05, 0.1) is 5.92 Å². The Labute approximate surface area is 133 Å². The molecule has 1 aliphatic heterocycles. The van der Waals surface area contributed by atoms with Gasteiger partial charge in [-0.15, -0.1) is 0 Å². The normalized spacial score (nSPS) is 34.0. The van der Waals surface area contributed by atoms with Crippen molar-refractivity contribution < 1.29 is 14.3 Å². The Balaban J connectivity index is 1.51. The Hall–Kier alpha value is -1.06. The minimum atomic E-state index is -0.228. The van der Waals surface area contributed by atoms with Crippen molar-refractivity contribution in [2.75, 3.05) is 6.54 Å². The molecule has 0 aromatic rings. The number of carbonyl (C=O) groups is 2. The van der Waals surface area contributed by atoms with Crippen LogP contribution in [-0.4, -0.2) is 35.5 Å². The third-order valence-corrected chi connectivity index (χ3v) is 5.75. The zero-order valence-corrected chi connectivity index (χ0v) is 13.8. The van der Waals surface area contributed by atoms with E-state index in [0.717, 1.165) is 44.4 Å². The monoisotopic (exact) mass is 307 g/mol. The molecule has 2 aliphatic carbocycles. The summed E-state index contributed by atoms with van der Waals surface area (Å²) in [4.78, 5) is 26.6. The molecule has 0 bridgehead atoms. The minimum Gasteiger partial charge on any atom is -0.462 e. The average molecular weight is 307 g/mol. The van der Waals surface area contributed by atoms with Gasteiger partial charge in [-0.25, -0.2) is 0 Å². The van der Waals surface area contributed by atoms with Gasteiger partial charge in [-0.3, -0.25) is 9.59 Å². The summed E-state index contributed by atoms with van der Waals surface area (Å²) in [6, 6.07) is 0.358. The van der Waals surface area contributed by atoms with Crippen LogP contribution in [0.5, 0.6) is 0 Å². The quantitative estimate of drug-likeness (QED) is 0.752. The van der Waals surface area contributed by atoms with E-state index < -0.39 is 0 Å². The number of likely N-dealkylation sites (tertiary alicyclic amines) is 1. The third kappa shape index (κ3) is 3.64. The molecular formula is C18H29NO3. The maximum absolute atomic E-state index is 12.3. The summed E-state index contributed by atoms with van der Waals surface area (Å²) in [6.07, 6.45) is 10.6. The van der Waals surface area contributed by atoms with Crippen LogP contribution in [0.25, 0.3) is 0 Å². The van der Waals surface area contributed by atoms with Crippen LogP contribution in [0.2, 0.25) is 0 Å². The summed E-state index contributed by atoms with van der Waals surface area (Å²) in [7, 11) is 0. The summed E-state index contributed by atoms with van der Waals surface area (Å²) in [6.45, 7) is 2.87. The van der Waals surface area contributed by atoms with Gasteiger partial charge in [-0.1, -0.05) is 13.3 Å². The molecule has 3 aliphatic rings. The molecular weight excluding hydrogens is 278 g/mol. The van der Waals surface area contributed by atoms with Crippen molar-refractivity contribution in [2.45, 2.75) is 83.3 Å². The van der Waals surface area contributed by atoms with Crippen LogP contribution in [-0.2, 0) is 14.3 Å². The molecule has 1 heterocycles. The standard InChI is InChI=1S/C18H29NO3/c1-13-7-9-15(10-8-13)19-12-14(11-17(19)20)18(21)22-16-5-3-2-4-6-16/h13-16H,2-12H2,1H3/t13?,14-,15?/m1/s1. The van der Waals surface area contributed by atoms with Crippen molar-refractivity contribution in [1.82, 2.24) is 4.90 Å². The predicted molar refractivity (Wildman–Crippen MR) is 84.2 cm³/mol. The number of hydrogen-bond donors (Lipinski definition) is 0. The lowest BCUT2D eigenvalue weighted by Crippen LogP contribution is -2.39. The molecule has 0 aromatic heterocycles. The highest BCUT2D eigenvalue weighted by Gasteiger charge is 2.40. The fourth-order valence-corrected chi connectivity index (χ4v) is 4.24.